The fraction of sp³-hybridized carbons (Fsp3) is 0.345. The van der Waals surface area contributed by atoms with Gasteiger partial charge in [0.25, 0.3) is 0 Å². The van der Waals surface area contributed by atoms with Gasteiger partial charge >= 0.3 is 0 Å². The lowest BCUT2D eigenvalue weighted by molar-refractivity contribution is 0.111. The average molecular weight is 511 g/mol. The van der Waals surface area contributed by atoms with E-state index in [1.807, 2.05) is 27.7 Å². The molecule has 0 fully saturated rings. The van der Waals surface area contributed by atoms with E-state index in [4.69, 9.17) is 28.5 Å². The number of hydrogen-bond donors (Lipinski definition) is 2. The quantitative estimate of drug-likeness (QED) is 0.182. The highest BCUT2D eigenvalue weighted by molar-refractivity contribution is 5.96. The Balaban J connectivity index is 2.14. The molecule has 0 radical (unpaired) electrons. The van der Waals surface area contributed by atoms with Gasteiger partial charge in [-0.3, -0.25) is 4.79 Å². The molecule has 0 spiro atoms. The van der Waals surface area contributed by atoms with Crippen molar-refractivity contribution in [3.8, 4) is 23.0 Å². The predicted molar refractivity (Wildman–Crippen MR) is 144 cm³/mol. The number of phenolic OH excluding ortho intramolecular Hbond substituents is 1. The molecule has 8 heteroatoms. The Morgan fingerprint density at radius 1 is 1.00 bits per heavy atom. The molecule has 2 aromatic carbocycles. The monoisotopic (exact) mass is 510 g/mol. The van der Waals surface area contributed by atoms with E-state index in [0.717, 1.165) is 0 Å². The van der Waals surface area contributed by atoms with Crippen LogP contribution in [0, 0.1) is 0 Å². The standard InChI is InChI=1S/C29H34O8/c1-7-28(3,4)36-19-17-21(31)24-23(18-19)35-26-20(25(24)32)11-12-22(37-29(5,6)8-2)27(26)34-15-10-9-14-33-16-13-30/h7-12,17-18,30-31H,1-2,13-16H2,3-6H3/b10-9+. The molecule has 0 saturated heterocycles. The molecule has 0 atom stereocenters. The van der Waals surface area contributed by atoms with Crippen LogP contribution in [0.2, 0.25) is 0 Å². The number of fused-ring (bicyclic) bond motifs is 2. The minimum atomic E-state index is -0.730. The lowest BCUT2D eigenvalue weighted by Crippen LogP contribution is -2.25. The van der Waals surface area contributed by atoms with Gasteiger partial charge in [0.15, 0.2) is 11.3 Å². The third-order valence-electron chi connectivity index (χ3n) is 5.49. The summed E-state index contributed by atoms with van der Waals surface area (Å²) in [4.78, 5) is 13.4. The minimum Gasteiger partial charge on any atom is -0.507 e. The van der Waals surface area contributed by atoms with Crippen molar-refractivity contribution in [2.45, 2.75) is 38.9 Å². The van der Waals surface area contributed by atoms with Gasteiger partial charge in [-0.1, -0.05) is 19.2 Å². The third kappa shape index (κ3) is 6.72. The molecule has 0 aliphatic carbocycles. The summed E-state index contributed by atoms with van der Waals surface area (Å²) in [7, 11) is 0. The second-order valence-electron chi connectivity index (χ2n) is 9.42. The van der Waals surface area contributed by atoms with Crippen molar-refractivity contribution in [1.29, 1.82) is 0 Å². The smallest absolute Gasteiger partial charge is 0.205 e. The number of aromatic hydroxyl groups is 1. The topological polar surface area (TPSA) is 108 Å². The number of phenols is 1. The van der Waals surface area contributed by atoms with Crippen molar-refractivity contribution in [3.63, 3.8) is 0 Å². The highest BCUT2D eigenvalue weighted by Gasteiger charge is 2.24. The Hall–Kier alpha value is -3.75. The number of aliphatic hydroxyl groups is 1. The second kappa shape index (κ2) is 11.5. The first-order valence-corrected chi connectivity index (χ1v) is 11.9. The minimum absolute atomic E-state index is 0.0308. The van der Waals surface area contributed by atoms with Crippen molar-refractivity contribution >= 4 is 21.9 Å². The summed E-state index contributed by atoms with van der Waals surface area (Å²) >= 11 is 0. The number of rotatable bonds is 13. The van der Waals surface area contributed by atoms with E-state index >= 15 is 0 Å². The molecule has 1 aromatic heterocycles. The van der Waals surface area contributed by atoms with Crippen molar-refractivity contribution in [1.82, 2.24) is 0 Å². The van der Waals surface area contributed by atoms with Gasteiger partial charge in [-0.2, -0.15) is 0 Å². The summed E-state index contributed by atoms with van der Waals surface area (Å²) in [5.74, 6) is 0.633. The van der Waals surface area contributed by atoms with Crippen LogP contribution in [-0.2, 0) is 4.74 Å². The zero-order chi connectivity index (χ0) is 27.2. The molecule has 8 nitrogen and oxygen atoms in total. The molecule has 0 unspecified atom stereocenters. The van der Waals surface area contributed by atoms with Crippen LogP contribution < -0.4 is 19.6 Å². The van der Waals surface area contributed by atoms with Crippen LogP contribution in [-0.4, -0.2) is 47.8 Å². The fourth-order valence-electron chi connectivity index (χ4n) is 3.38. The summed E-state index contributed by atoms with van der Waals surface area (Å²) in [6.07, 6.45) is 6.78. The molecule has 0 bridgehead atoms. The molecule has 0 saturated carbocycles. The van der Waals surface area contributed by atoms with E-state index < -0.39 is 16.6 Å². The van der Waals surface area contributed by atoms with Crippen LogP contribution in [0.15, 0.2) is 70.9 Å². The number of aliphatic hydroxyl groups excluding tert-OH is 1. The molecule has 1 heterocycles. The van der Waals surface area contributed by atoms with E-state index in [2.05, 4.69) is 13.2 Å². The van der Waals surface area contributed by atoms with E-state index in [1.54, 1.807) is 42.5 Å². The zero-order valence-electron chi connectivity index (χ0n) is 21.7. The van der Waals surface area contributed by atoms with Crippen LogP contribution in [0.4, 0.5) is 0 Å². The van der Waals surface area contributed by atoms with E-state index in [-0.39, 0.29) is 53.3 Å². The van der Waals surface area contributed by atoms with E-state index in [1.165, 1.54) is 6.07 Å². The van der Waals surface area contributed by atoms with Gasteiger partial charge in [-0.05, 0) is 58.1 Å². The molecule has 198 valence electrons. The number of benzene rings is 2. The lowest BCUT2D eigenvalue weighted by Gasteiger charge is -2.24. The Kier molecular flexibility index (Phi) is 8.68. The maximum Gasteiger partial charge on any atom is 0.205 e. The van der Waals surface area contributed by atoms with Crippen LogP contribution in [0.3, 0.4) is 0 Å². The van der Waals surface area contributed by atoms with Gasteiger partial charge in [0.1, 0.15) is 40.3 Å². The summed E-state index contributed by atoms with van der Waals surface area (Å²) in [6, 6.07) is 6.12. The fourth-order valence-corrected chi connectivity index (χ4v) is 3.38. The largest absolute Gasteiger partial charge is 0.507 e. The van der Waals surface area contributed by atoms with Gasteiger partial charge < -0.3 is 33.6 Å². The van der Waals surface area contributed by atoms with Crippen LogP contribution in [0.5, 0.6) is 23.0 Å². The molecule has 0 amide bonds. The Bertz CT molecular complexity index is 1360. The molecular formula is C29H34O8. The highest BCUT2D eigenvalue weighted by Crippen LogP contribution is 2.40. The second-order valence-corrected chi connectivity index (χ2v) is 9.42. The number of hydrogen-bond acceptors (Lipinski definition) is 8. The van der Waals surface area contributed by atoms with Crippen molar-refractivity contribution in [2.75, 3.05) is 26.4 Å². The molecule has 0 aliphatic rings. The molecule has 2 N–H and O–H groups in total. The van der Waals surface area contributed by atoms with Gasteiger partial charge in [0.05, 0.1) is 25.2 Å². The Morgan fingerprint density at radius 2 is 1.68 bits per heavy atom. The summed E-state index contributed by atoms with van der Waals surface area (Å²) in [6.45, 7) is 15.5. The molecule has 0 aliphatic heterocycles. The zero-order valence-corrected chi connectivity index (χ0v) is 21.7. The Labute approximate surface area is 216 Å². The number of ether oxygens (including phenoxy) is 4. The molecular weight excluding hydrogens is 476 g/mol. The predicted octanol–water partition coefficient (Wildman–Crippen LogP) is 5.28. The highest BCUT2D eigenvalue weighted by atomic mass is 16.5. The normalized spacial score (nSPS) is 12.2. The molecule has 37 heavy (non-hydrogen) atoms. The van der Waals surface area contributed by atoms with Crippen LogP contribution in [0.1, 0.15) is 27.7 Å². The van der Waals surface area contributed by atoms with E-state index in [0.29, 0.717) is 18.1 Å². The van der Waals surface area contributed by atoms with Crippen molar-refractivity contribution < 1.29 is 33.6 Å². The van der Waals surface area contributed by atoms with Crippen LogP contribution in [0.25, 0.3) is 21.9 Å². The SMILES string of the molecule is C=CC(C)(C)Oc1cc(O)c2c(=O)c3ccc(OC(C)(C)C=C)c(OC/C=C/COCCO)c3oc2c1. The summed E-state index contributed by atoms with van der Waals surface area (Å²) < 4.78 is 29.4. The summed E-state index contributed by atoms with van der Waals surface area (Å²) in [5.41, 5.74) is -1.57. The van der Waals surface area contributed by atoms with Gasteiger partial charge in [0.2, 0.25) is 11.2 Å². The van der Waals surface area contributed by atoms with Gasteiger partial charge in [0, 0.05) is 12.1 Å². The van der Waals surface area contributed by atoms with Crippen molar-refractivity contribution in [2.24, 2.45) is 0 Å². The van der Waals surface area contributed by atoms with Crippen LogP contribution >= 0.6 is 0 Å². The molecule has 3 rings (SSSR count). The average Bonchev–Trinajstić information content (AvgIpc) is 2.83. The van der Waals surface area contributed by atoms with E-state index in [9.17, 15) is 9.90 Å². The van der Waals surface area contributed by atoms with Gasteiger partial charge in [-0.25, -0.2) is 0 Å². The maximum absolute atomic E-state index is 13.4. The summed E-state index contributed by atoms with van der Waals surface area (Å²) in [5, 5.41) is 19.7. The first-order valence-electron chi connectivity index (χ1n) is 11.9. The first-order chi connectivity index (χ1) is 17.5. The maximum atomic E-state index is 13.4. The Morgan fingerprint density at radius 3 is 2.35 bits per heavy atom. The first kappa shape index (κ1) is 27.8. The third-order valence-corrected chi connectivity index (χ3v) is 5.49. The lowest BCUT2D eigenvalue weighted by atomic mass is 10.1. The molecule has 3 aromatic rings. The van der Waals surface area contributed by atoms with Gasteiger partial charge in [-0.15, -0.1) is 0 Å². The van der Waals surface area contributed by atoms with Crippen molar-refractivity contribution in [3.05, 3.63) is 72.0 Å².